The summed E-state index contributed by atoms with van der Waals surface area (Å²) in [6.45, 7) is 5.17. The van der Waals surface area contributed by atoms with Gasteiger partial charge < -0.3 is 14.7 Å². The van der Waals surface area contributed by atoms with E-state index >= 15 is 0 Å². The van der Waals surface area contributed by atoms with E-state index in [2.05, 4.69) is 0 Å². The SMILES string of the molecule is CCC(Oc1ccccc1C)C(=O)N1CCC(O)CC1. The Balaban J connectivity index is 2.01. The van der Waals surface area contributed by atoms with Gasteiger partial charge in [-0.05, 0) is 37.8 Å². The van der Waals surface area contributed by atoms with Gasteiger partial charge in [-0.15, -0.1) is 0 Å². The smallest absolute Gasteiger partial charge is 0.263 e. The van der Waals surface area contributed by atoms with Crippen LogP contribution in [-0.4, -0.2) is 41.2 Å². The molecule has 1 N–H and O–H groups in total. The number of aliphatic hydroxyl groups is 1. The fourth-order valence-corrected chi connectivity index (χ4v) is 2.44. The Bertz CT molecular complexity index is 453. The molecular weight excluding hydrogens is 254 g/mol. The van der Waals surface area contributed by atoms with Crippen molar-refractivity contribution in [3.63, 3.8) is 0 Å². The maximum Gasteiger partial charge on any atom is 0.263 e. The zero-order valence-corrected chi connectivity index (χ0v) is 12.2. The van der Waals surface area contributed by atoms with Crippen LogP contribution in [0.3, 0.4) is 0 Å². The normalized spacial score (nSPS) is 17.9. The predicted octanol–water partition coefficient (Wildman–Crippen LogP) is 2.14. The highest BCUT2D eigenvalue weighted by molar-refractivity contribution is 5.81. The van der Waals surface area contributed by atoms with Crippen LogP contribution in [0.5, 0.6) is 5.75 Å². The number of rotatable bonds is 4. The van der Waals surface area contributed by atoms with E-state index in [0.717, 1.165) is 11.3 Å². The van der Waals surface area contributed by atoms with Gasteiger partial charge in [-0.3, -0.25) is 4.79 Å². The van der Waals surface area contributed by atoms with Crippen molar-refractivity contribution >= 4 is 5.91 Å². The summed E-state index contributed by atoms with van der Waals surface area (Å²) in [5.41, 5.74) is 1.04. The predicted molar refractivity (Wildman–Crippen MR) is 77.7 cm³/mol. The van der Waals surface area contributed by atoms with Gasteiger partial charge in [-0.1, -0.05) is 25.1 Å². The first-order valence-electron chi connectivity index (χ1n) is 7.31. The summed E-state index contributed by atoms with van der Waals surface area (Å²) < 4.78 is 5.88. The van der Waals surface area contributed by atoms with Crippen molar-refractivity contribution in [3.05, 3.63) is 29.8 Å². The van der Waals surface area contributed by atoms with Crippen molar-refractivity contribution in [1.82, 2.24) is 4.90 Å². The number of piperidine rings is 1. The van der Waals surface area contributed by atoms with Gasteiger partial charge in [-0.25, -0.2) is 0 Å². The van der Waals surface area contributed by atoms with Gasteiger partial charge in [-0.2, -0.15) is 0 Å². The van der Waals surface area contributed by atoms with Crippen LogP contribution in [0.15, 0.2) is 24.3 Å². The average molecular weight is 277 g/mol. The molecule has 1 aromatic carbocycles. The van der Waals surface area contributed by atoms with Crippen molar-refractivity contribution in [1.29, 1.82) is 0 Å². The van der Waals surface area contributed by atoms with Crippen LogP contribution in [-0.2, 0) is 4.79 Å². The summed E-state index contributed by atoms with van der Waals surface area (Å²) in [4.78, 5) is 14.3. The van der Waals surface area contributed by atoms with E-state index in [0.29, 0.717) is 32.4 Å². The Kier molecular flexibility index (Phi) is 5.01. The van der Waals surface area contributed by atoms with Gasteiger partial charge in [0.15, 0.2) is 6.10 Å². The molecule has 1 aliphatic heterocycles. The molecule has 4 nitrogen and oxygen atoms in total. The highest BCUT2D eigenvalue weighted by Gasteiger charge is 2.28. The van der Waals surface area contributed by atoms with Crippen LogP contribution in [0, 0.1) is 6.92 Å². The van der Waals surface area contributed by atoms with Gasteiger partial charge in [0, 0.05) is 13.1 Å². The molecule has 1 amide bonds. The molecule has 1 fully saturated rings. The lowest BCUT2D eigenvalue weighted by molar-refractivity contribution is -0.140. The third-order valence-electron chi connectivity index (χ3n) is 3.79. The van der Waals surface area contributed by atoms with Gasteiger partial charge in [0.2, 0.25) is 0 Å². The molecule has 0 aliphatic carbocycles. The fourth-order valence-electron chi connectivity index (χ4n) is 2.44. The summed E-state index contributed by atoms with van der Waals surface area (Å²) in [6.07, 6.45) is 1.26. The first-order chi connectivity index (χ1) is 9.61. The number of nitrogens with zero attached hydrogens (tertiary/aromatic N) is 1. The largest absolute Gasteiger partial charge is 0.480 e. The second-order valence-corrected chi connectivity index (χ2v) is 5.34. The molecule has 1 heterocycles. The topological polar surface area (TPSA) is 49.8 Å². The molecule has 2 rings (SSSR count). The van der Waals surface area contributed by atoms with Crippen LogP contribution >= 0.6 is 0 Å². The monoisotopic (exact) mass is 277 g/mol. The minimum Gasteiger partial charge on any atom is -0.480 e. The second kappa shape index (κ2) is 6.75. The van der Waals surface area contributed by atoms with Gasteiger partial charge in [0.1, 0.15) is 5.75 Å². The average Bonchev–Trinajstić information content (AvgIpc) is 2.46. The molecule has 0 bridgehead atoms. The van der Waals surface area contributed by atoms with E-state index in [1.807, 2.05) is 38.1 Å². The lowest BCUT2D eigenvalue weighted by Gasteiger charge is -2.32. The Morgan fingerprint density at radius 3 is 2.65 bits per heavy atom. The van der Waals surface area contributed by atoms with Crippen LogP contribution in [0.2, 0.25) is 0 Å². The van der Waals surface area contributed by atoms with Crippen LogP contribution in [0.25, 0.3) is 0 Å². The number of carbonyl (C=O) groups is 1. The number of ether oxygens (including phenoxy) is 1. The van der Waals surface area contributed by atoms with Crippen LogP contribution < -0.4 is 4.74 Å². The maximum absolute atomic E-state index is 12.5. The van der Waals surface area contributed by atoms with Crippen molar-refractivity contribution < 1.29 is 14.6 Å². The Labute approximate surface area is 120 Å². The molecule has 0 saturated carbocycles. The number of hydrogen-bond acceptors (Lipinski definition) is 3. The standard InChI is InChI=1S/C16H23NO3/c1-3-14(20-15-7-5-4-6-12(15)2)16(19)17-10-8-13(18)9-11-17/h4-7,13-14,18H,3,8-11H2,1-2H3. The highest BCUT2D eigenvalue weighted by Crippen LogP contribution is 2.20. The summed E-state index contributed by atoms with van der Waals surface area (Å²) in [6, 6.07) is 7.74. The summed E-state index contributed by atoms with van der Waals surface area (Å²) in [5, 5.41) is 9.51. The highest BCUT2D eigenvalue weighted by atomic mass is 16.5. The number of amides is 1. The van der Waals surface area contributed by atoms with Crippen molar-refractivity contribution in [2.24, 2.45) is 0 Å². The number of benzene rings is 1. The summed E-state index contributed by atoms with van der Waals surface area (Å²) in [7, 11) is 0. The Hall–Kier alpha value is -1.55. The molecule has 0 radical (unpaired) electrons. The molecule has 0 spiro atoms. The molecule has 0 aromatic heterocycles. The summed E-state index contributed by atoms with van der Waals surface area (Å²) >= 11 is 0. The maximum atomic E-state index is 12.5. The molecule has 4 heteroatoms. The first kappa shape index (κ1) is 14.9. The van der Waals surface area contributed by atoms with Crippen molar-refractivity contribution in [3.8, 4) is 5.75 Å². The molecule has 110 valence electrons. The fraction of sp³-hybridized carbons (Fsp3) is 0.562. The number of aryl methyl sites for hydroxylation is 1. The molecule has 1 atom stereocenters. The third-order valence-corrected chi connectivity index (χ3v) is 3.79. The third kappa shape index (κ3) is 3.51. The molecule has 1 saturated heterocycles. The number of aliphatic hydroxyl groups excluding tert-OH is 1. The number of hydrogen-bond donors (Lipinski definition) is 1. The van der Waals surface area contributed by atoms with E-state index in [1.54, 1.807) is 4.90 Å². The minimum atomic E-state index is -0.439. The lowest BCUT2D eigenvalue weighted by atomic mass is 10.1. The van der Waals surface area contributed by atoms with E-state index in [4.69, 9.17) is 4.74 Å². The molecular formula is C16H23NO3. The van der Waals surface area contributed by atoms with Crippen LogP contribution in [0.1, 0.15) is 31.7 Å². The number of para-hydroxylation sites is 1. The minimum absolute atomic E-state index is 0.0302. The summed E-state index contributed by atoms with van der Waals surface area (Å²) in [5.74, 6) is 0.799. The lowest BCUT2D eigenvalue weighted by Crippen LogP contribution is -2.46. The number of likely N-dealkylation sites (tertiary alicyclic amines) is 1. The molecule has 1 unspecified atom stereocenters. The van der Waals surface area contributed by atoms with Crippen molar-refractivity contribution in [2.45, 2.75) is 45.3 Å². The van der Waals surface area contributed by atoms with Gasteiger partial charge in [0.25, 0.3) is 5.91 Å². The van der Waals surface area contributed by atoms with E-state index < -0.39 is 6.10 Å². The van der Waals surface area contributed by atoms with E-state index in [1.165, 1.54) is 0 Å². The Morgan fingerprint density at radius 2 is 2.05 bits per heavy atom. The van der Waals surface area contributed by atoms with E-state index in [9.17, 15) is 9.90 Å². The Morgan fingerprint density at radius 1 is 1.40 bits per heavy atom. The molecule has 20 heavy (non-hydrogen) atoms. The zero-order chi connectivity index (χ0) is 14.5. The molecule has 1 aliphatic rings. The number of carbonyl (C=O) groups excluding carboxylic acids is 1. The van der Waals surface area contributed by atoms with Gasteiger partial charge in [0.05, 0.1) is 6.10 Å². The van der Waals surface area contributed by atoms with E-state index in [-0.39, 0.29) is 12.0 Å². The second-order valence-electron chi connectivity index (χ2n) is 5.34. The van der Waals surface area contributed by atoms with Gasteiger partial charge >= 0.3 is 0 Å². The zero-order valence-electron chi connectivity index (χ0n) is 12.2. The first-order valence-corrected chi connectivity index (χ1v) is 7.31. The molecule has 1 aromatic rings. The quantitative estimate of drug-likeness (QED) is 0.917. The van der Waals surface area contributed by atoms with Crippen molar-refractivity contribution in [2.75, 3.05) is 13.1 Å². The van der Waals surface area contributed by atoms with Crippen LogP contribution in [0.4, 0.5) is 0 Å².